The summed E-state index contributed by atoms with van der Waals surface area (Å²) in [6, 6.07) is 0. The summed E-state index contributed by atoms with van der Waals surface area (Å²) in [6.07, 6.45) is 5.67. The van der Waals surface area contributed by atoms with Gasteiger partial charge in [0.15, 0.2) is 5.82 Å². The molecule has 0 radical (unpaired) electrons. The molecule has 0 spiro atoms. The van der Waals surface area contributed by atoms with Crippen molar-refractivity contribution in [3.63, 3.8) is 0 Å². The van der Waals surface area contributed by atoms with Crippen LogP contribution in [0.3, 0.4) is 0 Å². The van der Waals surface area contributed by atoms with E-state index in [1.54, 1.807) is 10.9 Å². The Kier molecular flexibility index (Phi) is 4.52. The molecule has 0 atom stereocenters. The molecule has 2 rings (SSSR count). The second-order valence-corrected chi connectivity index (χ2v) is 5.19. The maximum absolute atomic E-state index is 4.58. The predicted molar refractivity (Wildman–Crippen MR) is 80.1 cm³/mol. The van der Waals surface area contributed by atoms with Crippen LogP contribution in [0, 0.1) is 0 Å². The van der Waals surface area contributed by atoms with E-state index in [0.29, 0.717) is 5.82 Å². The molecule has 19 heavy (non-hydrogen) atoms. The average Bonchev–Trinajstić information content (AvgIpc) is 2.79. The number of aryl methyl sites for hydroxylation is 2. The average molecular weight is 324 g/mol. The van der Waals surface area contributed by atoms with Gasteiger partial charge in [0.05, 0.1) is 15.7 Å². The largest absolute Gasteiger partial charge is 0.369 e. The van der Waals surface area contributed by atoms with Crippen LogP contribution in [-0.2, 0) is 13.5 Å². The Bertz CT molecular complexity index is 564. The molecule has 0 fully saturated rings. The van der Waals surface area contributed by atoms with E-state index in [1.165, 1.54) is 0 Å². The first-order chi connectivity index (χ1) is 9.15. The van der Waals surface area contributed by atoms with E-state index in [1.807, 2.05) is 13.2 Å². The zero-order valence-corrected chi connectivity index (χ0v) is 13.0. The van der Waals surface area contributed by atoms with Gasteiger partial charge in [0, 0.05) is 26.0 Å². The van der Waals surface area contributed by atoms with Gasteiger partial charge < -0.3 is 5.32 Å². The van der Waals surface area contributed by atoms with E-state index in [-0.39, 0.29) is 0 Å². The summed E-state index contributed by atoms with van der Waals surface area (Å²) < 4.78 is 2.69. The highest BCUT2D eigenvalue weighted by Crippen LogP contribution is 2.25. The molecule has 102 valence electrons. The summed E-state index contributed by atoms with van der Waals surface area (Å²) in [6.45, 7) is 5.10. The Morgan fingerprint density at radius 2 is 2.16 bits per heavy atom. The number of hydrogen-bond acceptors (Lipinski definition) is 4. The Labute approximate surface area is 121 Å². The Hall–Kier alpha value is -1.43. The minimum Gasteiger partial charge on any atom is -0.369 e. The number of halogens is 1. The van der Waals surface area contributed by atoms with E-state index >= 15 is 0 Å². The van der Waals surface area contributed by atoms with Crippen LogP contribution in [0.15, 0.2) is 16.9 Å². The van der Waals surface area contributed by atoms with Crippen molar-refractivity contribution in [1.29, 1.82) is 0 Å². The van der Waals surface area contributed by atoms with Crippen LogP contribution in [0.25, 0.3) is 11.4 Å². The van der Waals surface area contributed by atoms with Crippen LogP contribution in [0.4, 0.5) is 5.82 Å². The normalized spacial score (nSPS) is 10.7. The molecule has 0 aliphatic rings. The summed E-state index contributed by atoms with van der Waals surface area (Å²) in [7, 11) is 1.91. The highest BCUT2D eigenvalue weighted by Gasteiger charge is 2.13. The fraction of sp³-hybridized carbons (Fsp3) is 0.462. The van der Waals surface area contributed by atoms with Crippen molar-refractivity contribution in [2.75, 3.05) is 11.9 Å². The first-order valence-corrected chi connectivity index (χ1v) is 7.24. The summed E-state index contributed by atoms with van der Waals surface area (Å²) in [5.74, 6) is 1.55. The molecule has 2 aromatic rings. The number of rotatable bonds is 5. The smallest absolute Gasteiger partial charge is 0.165 e. The second-order valence-electron chi connectivity index (χ2n) is 4.33. The summed E-state index contributed by atoms with van der Waals surface area (Å²) >= 11 is 3.47. The van der Waals surface area contributed by atoms with Crippen molar-refractivity contribution in [2.24, 2.45) is 7.05 Å². The van der Waals surface area contributed by atoms with Crippen molar-refractivity contribution in [3.8, 4) is 11.4 Å². The van der Waals surface area contributed by atoms with Crippen LogP contribution >= 0.6 is 15.9 Å². The number of aromatic nitrogens is 4. The number of hydrogen-bond donors (Lipinski definition) is 1. The van der Waals surface area contributed by atoms with Gasteiger partial charge in [-0.2, -0.15) is 5.10 Å². The number of nitrogens with zero attached hydrogens (tertiary/aromatic N) is 4. The topological polar surface area (TPSA) is 55.6 Å². The molecule has 0 saturated heterocycles. The maximum atomic E-state index is 4.58. The zero-order valence-electron chi connectivity index (χ0n) is 11.4. The van der Waals surface area contributed by atoms with Crippen molar-refractivity contribution in [1.82, 2.24) is 19.7 Å². The first-order valence-electron chi connectivity index (χ1n) is 6.45. The highest BCUT2D eigenvalue weighted by atomic mass is 79.9. The van der Waals surface area contributed by atoms with Crippen LogP contribution < -0.4 is 5.32 Å². The third kappa shape index (κ3) is 3.12. The molecule has 1 N–H and O–H groups in total. The molecular formula is C13H18BrN5. The first kappa shape index (κ1) is 14.0. The molecule has 0 saturated carbocycles. The lowest BCUT2D eigenvalue weighted by atomic mass is 10.2. The lowest BCUT2D eigenvalue weighted by Gasteiger charge is -2.07. The van der Waals surface area contributed by atoms with Crippen LogP contribution in [0.2, 0.25) is 0 Å². The maximum Gasteiger partial charge on any atom is 0.165 e. The quantitative estimate of drug-likeness (QED) is 0.918. The molecule has 5 nitrogen and oxygen atoms in total. The van der Waals surface area contributed by atoms with Gasteiger partial charge in [0.2, 0.25) is 0 Å². The lowest BCUT2D eigenvalue weighted by Crippen LogP contribution is -2.04. The highest BCUT2D eigenvalue weighted by molar-refractivity contribution is 9.10. The van der Waals surface area contributed by atoms with Crippen LogP contribution in [0.1, 0.15) is 26.0 Å². The monoisotopic (exact) mass is 323 g/mol. The third-order valence-corrected chi connectivity index (χ3v) is 3.35. The summed E-state index contributed by atoms with van der Waals surface area (Å²) in [5.41, 5.74) is 2.02. The van der Waals surface area contributed by atoms with Gasteiger partial charge in [-0.15, -0.1) is 0 Å². The van der Waals surface area contributed by atoms with E-state index in [2.05, 4.69) is 50.2 Å². The SMILES string of the molecule is CCCNc1nc(-c2cn(C)nc2CC)ncc1Br. The molecule has 6 heteroatoms. The van der Waals surface area contributed by atoms with Crippen molar-refractivity contribution in [3.05, 3.63) is 22.6 Å². The fourth-order valence-corrected chi connectivity index (χ4v) is 2.18. The molecule has 0 aliphatic heterocycles. The minimum absolute atomic E-state index is 0.715. The Morgan fingerprint density at radius 1 is 1.37 bits per heavy atom. The molecule has 0 amide bonds. The minimum atomic E-state index is 0.715. The molecular weight excluding hydrogens is 306 g/mol. The van der Waals surface area contributed by atoms with E-state index in [4.69, 9.17) is 0 Å². The fourth-order valence-electron chi connectivity index (χ4n) is 1.85. The van der Waals surface area contributed by atoms with Crippen LogP contribution in [0.5, 0.6) is 0 Å². The van der Waals surface area contributed by atoms with Crippen molar-refractivity contribution < 1.29 is 0 Å². The Balaban J connectivity index is 2.39. The predicted octanol–water partition coefficient (Wildman–Crippen LogP) is 3.02. The van der Waals surface area contributed by atoms with Crippen molar-refractivity contribution in [2.45, 2.75) is 26.7 Å². The molecule has 0 unspecified atom stereocenters. The summed E-state index contributed by atoms with van der Waals surface area (Å²) in [5, 5.41) is 7.72. The molecule has 0 aromatic carbocycles. The van der Waals surface area contributed by atoms with E-state index in [0.717, 1.165) is 40.9 Å². The number of nitrogens with one attached hydrogen (secondary N) is 1. The number of anilines is 1. The van der Waals surface area contributed by atoms with E-state index < -0.39 is 0 Å². The standard InChI is InChI=1S/C13H18BrN5/c1-4-6-15-13-10(14)7-16-12(17-13)9-8-19(3)18-11(9)5-2/h7-8H,4-6H2,1-3H3,(H,15,16,17). The second kappa shape index (κ2) is 6.14. The van der Waals surface area contributed by atoms with Gasteiger partial charge in [0.1, 0.15) is 5.82 Å². The van der Waals surface area contributed by atoms with Gasteiger partial charge in [-0.1, -0.05) is 13.8 Å². The molecule has 2 aromatic heterocycles. The van der Waals surface area contributed by atoms with Gasteiger partial charge in [-0.05, 0) is 28.8 Å². The van der Waals surface area contributed by atoms with Gasteiger partial charge in [0.25, 0.3) is 0 Å². The zero-order chi connectivity index (χ0) is 13.8. The Morgan fingerprint density at radius 3 is 2.84 bits per heavy atom. The van der Waals surface area contributed by atoms with Gasteiger partial charge in [-0.3, -0.25) is 4.68 Å². The van der Waals surface area contributed by atoms with Gasteiger partial charge in [-0.25, -0.2) is 9.97 Å². The third-order valence-electron chi connectivity index (χ3n) is 2.77. The molecule has 0 aliphatic carbocycles. The molecule has 2 heterocycles. The lowest BCUT2D eigenvalue weighted by molar-refractivity contribution is 0.746. The summed E-state index contributed by atoms with van der Waals surface area (Å²) in [4.78, 5) is 8.97. The molecule has 0 bridgehead atoms. The van der Waals surface area contributed by atoms with E-state index in [9.17, 15) is 0 Å². The van der Waals surface area contributed by atoms with Crippen LogP contribution in [-0.4, -0.2) is 26.3 Å². The van der Waals surface area contributed by atoms with Gasteiger partial charge >= 0.3 is 0 Å². The van der Waals surface area contributed by atoms with Crippen molar-refractivity contribution >= 4 is 21.7 Å².